The van der Waals surface area contributed by atoms with Crippen LogP contribution in [0.25, 0.3) is 0 Å². The molecule has 72 valence electrons. The van der Waals surface area contributed by atoms with Crippen molar-refractivity contribution in [1.29, 1.82) is 0 Å². The molecule has 0 N–H and O–H groups in total. The van der Waals surface area contributed by atoms with E-state index in [1.807, 2.05) is 24.3 Å². The molecule has 0 unspecified atom stereocenters. The third-order valence-electron chi connectivity index (χ3n) is 1.64. The fraction of sp³-hybridized carbons (Fsp3) is 0.400. The van der Waals surface area contributed by atoms with Crippen LogP contribution in [0.3, 0.4) is 0 Å². The van der Waals surface area contributed by atoms with Gasteiger partial charge in [-0.15, -0.1) is 0 Å². The minimum Gasteiger partial charge on any atom is -0.551 e. The van der Waals surface area contributed by atoms with E-state index in [0.29, 0.717) is 16.4 Å². The summed E-state index contributed by atoms with van der Waals surface area (Å²) >= 11 is 0. The molecule has 0 bridgehead atoms. The molecule has 2 nitrogen and oxygen atoms in total. The van der Waals surface area contributed by atoms with E-state index in [4.69, 9.17) is 9.16 Å². The van der Waals surface area contributed by atoms with E-state index in [2.05, 4.69) is 13.8 Å². The van der Waals surface area contributed by atoms with Crippen LogP contribution in [0.4, 0.5) is 0 Å². The highest BCUT2D eigenvalue weighted by Crippen LogP contribution is 2.25. The zero-order valence-electron chi connectivity index (χ0n) is 8.41. The van der Waals surface area contributed by atoms with E-state index >= 15 is 0 Å². The minimum atomic E-state index is 0.544. The molecule has 13 heavy (non-hydrogen) atoms. The van der Waals surface area contributed by atoms with E-state index in [-0.39, 0.29) is 0 Å². The Morgan fingerprint density at radius 2 is 1.85 bits per heavy atom. The molecule has 0 atom stereocenters. The van der Waals surface area contributed by atoms with Crippen molar-refractivity contribution >= 4 is 10.5 Å². The van der Waals surface area contributed by atoms with E-state index in [1.165, 1.54) is 0 Å². The van der Waals surface area contributed by atoms with Gasteiger partial charge in [-0.05, 0) is 18.1 Å². The molecule has 0 amide bonds. The Labute approximate surface area is 82.4 Å². The Kier molecular flexibility index (Phi) is 3.83. The van der Waals surface area contributed by atoms with Gasteiger partial charge in [-0.2, -0.15) is 0 Å². The van der Waals surface area contributed by atoms with Gasteiger partial charge in [0.2, 0.25) is 10.5 Å². The molecule has 0 aliphatic carbocycles. The second kappa shape index (κ2) is 4.92. The van der Waals surface area contributed by atoms with E-state index in [1.54, 1.807) is 0 Å². The molecule has 0 aliphatic heterocycles. The van der Waals surface area contributed by atoms with Gasteiger partial charge in [-0.3, -0.25) is 0 Å². The maximum absolute atomic E-state index is 5.59. The first-order valence-electron chi connectivity index (χ1n) is 4.50. The lowest BCUT2D eigenvalue weighted by Gasteiger charge is -2.11. The largest absolute Gasteiger partial charge is 0.551 e. The lowest BCUT2D eigenvalue weighted by atomic mass is 10.2. The van der Waals surface area contributed by atoms with Gasteiger partial charge in [0.05, 0.1) is 6.61 Å². The van der Waals surface area contributed by atoms with Crippen molar-refractivity contribution in [2.75, 3.05) is 6.61 Å². The van der Waals surface area contributed by atoms with Crippen LogP contribution in [-0.4, -0.2) is 17.1 Å². The average Bonchev–Trinajstić information content (AvgIpc) is 2.15. The molecule has 1 aromatic rings. The van der Waals surface area contributed by atoms with Crippen molar-refractivity contribution < 1.29 is 9.16 Å². The normalized spacial score (nSPS) is 10.4. The number of hydrogen-bond donors (Lipinski definition) is 0. The Balaban J connectivity index is 2.64. The smallest absolute Gasteiger partial charge is 0.204 e. The molecular weight excluding hydrogens is 180 g/mol. The summed E-state index contributed by atoms with van der Waals surface area (Å²) in [5.41, 5.74) is 0. The van der Waals surface area contributed by atoms with Crippen LogP contribution in [0.1, 0.15) is 13.8 Å². The molecule has 0 aliphatic rings. The van der Waals surface area contributed by atoms with Crippen molar-refractivity contribution in [1.82, 2.24) is 0 Å². The average molecular weight is 196 g/mol. The summed E-state index contributed by atoms with van der Waals surface area (Å²) in [5, 5.41) is 0. The lowest BCUT2D eigenvalue weighted by Crippen LogP contribution is -2.05. The second-order valence-corrected chi connectivity index (χ2v) is 3.76. The Morgan fingerprint density at radius 1 is 1.23 bits per heavy atom. The highest BCUT2D eigenvalue weighted by atomic mass is 28.2. The molecule has 1 aromatic carbocycles. The first-order valence-corrected chi connectivity index (χ1v) is 5.31. The van der Waals surface area contributed by atoms with E-state index in [0.717, 1.165) is 18.1 Å². The number of para-hydroxylation sites is 2. The summed E-state index contributed by atoms with van der Waals surface area (Å²) in [4.78, 5) is 0. The van der Waals surface area contributed by atoms with Crippen molar-refractivity contribution in [2.45, 2.75) is 13.8 Å². The van der Waals surface area contributed by atoms with E-state index < -0.39 is 0 Å². The highest BCUT2D eigenvalue weighted by molar-refractivity contribution is 6.00. The summed E-state index contributed by atoms with van der Waals surface area (Å²) in [7, 11) is 0.699. The topological polar surface area (TPSA) is 18.5 Å². The van der Waals surface area contributed by atoms with Gasteiger partial charge in [0, 0.05) is 0 Å². The first-order chi connectivity index (χ1) is 6.24. The van der Waals surface area contributed by atoms with E-state index in [9.17, 15) is 0 Å². The van der Waals surface area contributed by atoms with Crippen molar-refractivity contribution in [3.05, 3.63) is 24.3 Å². The molecule has 0 fully saturated rings. The summed E-state index contributed by atoms with van der Waals surface area (Å²) in [6.07, 6.45) is 0. The van der Waals surface area contributed by atoms with Crippen molar-refractivity contribution in [2.24, 2.45) is 5.92 Å². The molecule has 0 spiro atoms. The minimum absolute atomic E-state index is 0.544. The summed E-state index contributed by atoms with van der Waals surface area (Å²) in [6.45, 7) is 5.00. The monoisotopic (exact) mass is 196 g/mol. The quantitative estimate of drug-likeness (QED) is 0.677. The van der Waals surface area contributed by atoms with Crippen LogP contribution in [0, 0.1) is 5.92 Å². The summed E-state index contributed by atoms with van der Waals surface area (Å²) in [6, 6.07) is 7.79. The van der Waals surface area contributed by atoms with Gasteiger partial charge in [0.15, 0.2) is 5.75 Å². The molecular formula is C10H16O2Si. The van der Waals surface area contributed by atoms with Crippen molar-refractivity contribution in [3.63, 3.8) is 0 Å². The maximum atomic E-state index is 5.59. The predicted molar refractivity (Wildman–Crippen MR) is 57.3 cm³/mol. The van der Waals surface area contributed by atoms with Crippen LogP contribution in [-0.2, 0) is 0 Å². The van der Waals surface area contributed by atoms with Crippen LogP contribution in [0.15, 0.2) is 24.3 Å². The van der Waals surface area contributed by atoms with Gasteiger partial charge >= 0.3 is 0 Å². The number of hydrogen-bond acceptors (Lipinski definition) is 2. The Hall–Kier alpha value is -0.963. The number of rotatable bonds is 4. The van der Waals surface area contributed by atoms with Gasteiger partial charge in [0.25, 0.3) is 0 Å². The fourth-order valence-corrected chi connectivity index (χ4v) is 1.33. The molecule has 0 saturated heterocycles. The second-order valence-electron chi connectivity index (χ2n) is 3.36. The highest BCUT2D eigenvalue weighted by Gasteiger charge is 2.02. The maximum Gasteiger partial charge on any atom is 0.204 e. The van der Waals surface area contributed by atoms with Gasteiger partial charge < -0.3 is 9.16 Å². The Bertz CT molecular complexity index is 261. The third-order valence-corrected chi connectivity index (χ3v) is 2.08. The molecule has 0 aromatic heterocycles. The van der Waals surface area contributed by atoms with Crippen LogP contribution in [0.5, 0.6) is 11.5 Å². The van der Waals surface area contributed by atoms with Gasteiger partial charge in [0.1, 0.15) is 5.75 Å². The summed E-state index contributed by atoms with van der Waals surface area (Å²) in [5.74, 6) is 2.25. The molecule has 3 heteroatoms. The van der Waals surface area contributed by atoms with Crippen molar-refractivity contribution in [3.8, 4) is 11.5 Å². The first kappa shape index (κ1) is 10.1. The SMILES string of the molecule is CC(C)COc1ccccc1O[SiH3]. The summed E-state index contributed by atoms with van der Waals surface area (Å²) < 4.78 is 10.9. The van der Waals surface area contributed by atoms with Gasteiger partial charge in [-0.1, -0.05) is 26.0 Å². The zero-order valence-corrected chi connectivity index (χ0v) is 10.4. The Morgan fingerprint density at radius 3 is 2.38 bits per heavy atom. The molecule has 1 rings (SSSR count). The molecule has 0 heterocycles. The zero-order chi connectivity index (χ0) is 9.68. The van der Waals surface area contributed by atoms with Crippen LogP contribution >= 0.6 is 0 Å². The number of benzene rings is 1. The predicted octanol–water partition coefficient (Wildman–Crippen LogP) is 1.38. The van der Waals surface area contributed by atoms with Crippen LogP contribution in [0.2, 0.25) is 0 Å². The third kappa shape index (κ3) is 3.11. The fourth-order valence-electron chi connectivity index (χ4n) is 0.994. The van der Waals surface area contributed by atoms with Crippen LogP contribution < -0.4 is 9.16 Å². The molecule has 0 saturated carbocycles. The lowest BCUT2D eigenvalue weighted by molar-refractivity contribution is 0.265. The molecule has 0 radical (unpaired) electrons. The standard InChI is InChI=1S/C10H16O2Si/c1-8(2)7-11-9-5-3-4-6-10(9)12-13/h3-6,8H,7H2,1-2,13H3. The number of ether oxygens (including phenoxy) is 1. The van der Waals surface area contributed by atoms with Gasteiger partial charge in [-0.25, -0.2) is 0 Å².